The third-order valence-electron chi connectivity index (χ3n) is 3.62. The van der Waals surface area contributed by atoms with E-state index in [1.807, 2.05) is 0 Å². The number of benzene rings is 2. The van der Waals surface area contributed by atoms with E-state index < -0.39 is 0 Å². The number of ketones is 1. The van der Waals surface area contributed by atoms with Crippen LogP contribution in [0.5, 0.6) is 28.7 Å². The summed E-state index contributed by atoms with van der Waals surface area (Å²) in [5.74, 6) is 1.56. The van der Waals surface area contributed by atoms with Crippen molar-refractivity contribution in [3.63, 3.8) is 0 Å². The molecule has 0 heterocycles. The van der Waals surface area contributed by atoms with Gasteiger partial charge < -0.3 is 24.1 Å². The van der Waals surface area contributed by atoms with Gasteiger partial charge in [0.25, 0.3) is 0 Å². The molecule has 0 saturated carbocycles. The highest BCUT2D eigenvalue weighted by Gasteiger charge is 2.12. The maximum absolute atomic E-state index is 12.4. The zero-order chi connectivity index (χ0) is 18.4. The van der Waals surface area contributed by atoms with Crippen LogP contribution in [0.3, 0.4) is 0 Å². The molecule has 0 spiro atoms. The van der Waals surface area contributed by atoms with Crippen molar-refractivity contribution in [1.82, 2.24) is 0 Å². The van der Waals surface area contributed by atoms with Crippen molar-refractivity contribution in [3.05, 3.63) is 47.5 Å². The number of allylic oxidation sites excluding steroid dienone is 1. The molecule has 25 heavy (non-hydrogen) atoms. The maximum atomic E-state index is 12.4. The van der Waals surface area contributed by atoms with E-state index in [0.29, 0.717) is 34.1 Å². The second kappa shape index (κ2) is 8.10. The van der Waals surface area contributed by atoms with Crippen LogP contribution in [-0.2, 0) is 0 Å². The van der Waals surface area contributed by atoms with Crippen molar-refractivity contribution in [2.75, 3.05) is 28.4 Å². The lowest BCUT2D eigenvalue weighted by Gasteiger charge is -2.10. The van der Waals surface area contributed by atoms with Crippen molar-refractivity contribution in [2.24, 2.45) is 0 Å². The zero-order valence-corrected chi connectivity index (χ0v) is 14.5. The van der Waals surface area contributed by atoms with Crippen LogP contribution in [0.25, 0.3) is 6.08 Å². The van der Waals surface area contributed by atoms with E-state index in [0.717, 1.165) is 0 Å². The number of hydrogen-bond donors (Lipinski definition) is 1. The van der Waals surface area contributed by atoms with Crippen LogP contribution in [0.4, 0.5) is 0 Å². The summed E-state index contributed by atoms with van der Waals surface area (Å²) in [6.07, 6.45) is 2.85. The average Bonchev–Trinajstić information content (AvgIpc) is 2.65. The van der Waals surface area contributed by atoms with Crippen LogP contribution < -0.4 is 18.9 Å². The third kappa shape index (κ3) is 4.03. The lowest BCUT2D eigenvalue weighted by Crippen LogP contribution is -1.98. The van der Waals surface area contributed by atoms with Crippen molar-refractivity contribution < 1.29 is 28.8 Å². The number of phenols is 1. The Labute approximate surface area is 146 Å². The first-order valence-electron chi connectivity index (χ1n) is 7.43. The molecular weight excluding hydrogens is 324 g/mol. The van der Waals surface area contributed by atoms with Gasteiger partial charge in [-0.15, -0.1) is 0 Å². The number of methoxy groups -OCH3 is 4. The summed E-state index contributed by atoms with van der Waals surface area (Å²) >= 11 is 0. The molecule has 2 rings (SSSR count). The molecule has 0 aromatic heterocycles. The smallest absolute Gasteiger partial charge is 0.185 e. The summed E-state index contributed by atoms with van der Waals surface area (Å²) < 4.78 is 20.7. The Morgan fingerprint density at radius 1 is 0.880 bits per heavy atom. The molecule has 0 aliphatic rings. The van der Waals surface area contributed by atoms with Gasteiger partial charge in [-0.05, 0) is 30.4 Å². The lowest BCUT2D eigenvalue weighted by atomic mass is 10.1. The zero-order valence-electron chi connectivity index (χ0n) is 14.5. The van der Waals surface area contributed by atoms with Gasteiger partial charge in [0.15, 0.2) is 17.3 Å². The quantitative estimate of drug-likeness (QED) is 0.613. The molecule has 6 nitrogen and oxygen atoms in total. The molecule has 2 aromatic rings. The van der Waals surface area contributed by atoms with Crippen LogP contribution in [-0.4, -0.2) is 39.3 Å². The molecule has 0 aliphatic heterocycles. The molecule has 0 radical (unpaired) electrons. The van der Waals surface area contributed by atoms with Crippen LogP contribution in [0.2, 0.25) is 0 Å². The minimum Gasteiger partial charge on any atom is -0.507 e. The summed E-state index contributed by atoms with van der Waals surface area (Å²) in [7, 11) is 5.99. The summed E-state index contributed by atoms with van der Waals surface area (Å²) in [5, 5.41) is 10.1. The molecule has 0 aliphatic carbocycles. The Morgan fingerprint density at radius 2 is 1.56 bits per heavy atom. The average molecular weight is 344 g/mol. The fourth-order valence-corrected chi connectivity index (χ4v) is 2.29. The fourth-order valence-electron chi connectivity index (χ4n) is 2.29. The molecule has 6 heteroatoms. The van der Waals surface area contributed by atoms with Gasteiger partial charge in [-0.25, -0.2) is 0 Å². The molecule has 0 unspecified atom stereocenters. The first-order valence-corrected chi connectivity index (χ1v) is 7.43. The minimum absolute atomic E-state index is 0.0486. The van der Waals surface area contributed by atoms with Crippen molar-refractivity contribution in [2.45, 2.75) is 0 Å². The molecule has 0 saturated heterocycles. The third-order valence-corrected chi connectivity index (χ3v) is 3.62. The highest BCUT2D eigenvalue weighted by atomic mass is 16.5. The predicted octanol–water partition coefficient (Wildman–Crippen LogP) is 3.32. The first-order chi connectivity index (χ1) is 12.0. The molecular formula is C19H20O6. The van der Waals surface area contributed by atoms with Gasteiger partial charge in [0, 0.05) is 17.7 Å². The number of aromatic hydroxyl groups is 1. The molecule has 2 aromatic carbocycles. The molecule has 0 bridgehead atoms. The molecule has 0 atom stereocenters. The van der Waals surface area contributed by atoms with E-state index in [1.165, 1.54) is 46.7 Å². The van der Waals surface area contributed by atoms with Gasteiger partial charge in [-0.2, -0.15) is 0 Å². The van der Waals surface area contributed by atoms with Gasteiger partial charge in [0.2, 0.25) is 0 Å². The maximum Gasteiger partial charge on any atom is 0.185 e. The summed E-state index contributed by atoms with van der Waals surface area (Å²) in [4.78, 5) is 12.4. The monoisotopic (exact) mass is 344 g/mol. The van der Waals surface area contributed by atoms with Gasteiger partial charge in [0.1, 0.15) is 17.2 Å². The largest absolute Gasteiger partial charge is 0.507 e. The minimum atomic E-state index is -0.252. The normalized spacial score (nSPS) is 10.6. The van der Waals surface area contributed by atoms with Gasteiger partial charge in [0.05, 0.1) is 34.0 Å². The molecule has 1 N–H and O–H groups in total. The second-order valence-corrected chi connectivity index (χ2v) is 5.03. The topological polar surface area (TPSA) is 74.2 Å². The van der Waals surface area contributed by atoms with E-state index in [-0.39, 0.29) is 11.5 Å². The van der Waals surface area contributed by atoms with Crippen LogP contribution in [0, 0.1) is 0 Å². The Balaban J connectivity index is 2.32. The van der Waals surface area contributed by atoms with E-state index in [9.17, 15) is 9.90 Å². The highest BCUT2D eigenvalue weighted by molar-refractivity contribution is 6.07. The number of carbonyl (C=O) groups is 1. The Bertz CT molecular complexity index is 795. The second-order valence-electron chi connectivity index (χ2n) is 5.03. The molecule has 132 valence electrons. The first kappa shape index (κ1) is 18.2. The van der Waals surface area contributed by atoms with Crippen molar-refractivity contribution in [1.29, 1.82) is 0 Å². The van der Waals surface area contributed by atoms with Crippen LogP contribution >= 0.6 is 0 Å². The van der Waals surface area contributed by atoms with Gasteiger partial charge in [-0.1, -0.05) is 0 Å². The van der Waals surface area contributed by atoms with E-state index >= 15 is 0 Å². The summed E-state index contributed by atoms with van der Waals surface area (Å²) in [6, 6.07) is 7.96. The van der Waals surface area contributed by atoms with E-state index in [4.69, 9.17) is 18.9 Å². The molecule has 0 fully saturated rings. The van der Waals surface area contributed by atoms with Crippen LogP contribution in [0.1, 0.15) is 15.9 Å². The van der Waals surface area contributed by atoms with Gasteiger partial charge >= 0.3 is 0 Å². The van der Waals surface area contributed by atoms with Crippen molar-refractivity contribution >= 4 is 11.9 Å². The van der Waals surface area contributed by atoms with Gasteiger partial charge in [-0.3, -0.25) is 4.79 Å². The summed E-state index contributed by atoms with van der Waals surface area (Å²) in [5.41, 5.74) is 0.818. The van der Waals surface area contributed by atoms with E-state index in [1.54, 1.807) is 24.3 Å². The Kier molecular flexibility index (Phi) is 5.89. The Hall–Kier alpha value is -3.15. The number of carbonyl (C=O) groups excluding carboxylic acids is 1. The SMILES string of the molecule is COc1cc(O)c(C=CC(=O)c2ccc(OC)c(OC)c2)c(OC)c1. The van der Waals surface area contributed by atoms with Crippen LogP contribution in [0.15, 0.2) is 36.4 Å². The number of phenolic OH excluding ortho intramolecular Hbond substituents is 1. The summed E-state index contributed by atoms with van der Waals surface area (Å²) in [6.45, 7) is 0. The standard InChI is InChI=1S/C19H20O6/c1-22-13-10-16(21)14(18(11-13)24-3)6-7-15(20)12-5-8-17(23-2)19(9-12)25-4/h5-11,21H,1-4H3. The Morgan fingerprint density at radius 3 is 2.16 bits per heavy atom. The van der Waals surface area contributed by atoms with E-state index in [2.05, 4.69) is 0 Å². The molecule has 0 amide bonds. The number of hydrogen-bond acceptors (Lipinski definition) is 6. The lowest BCUT2D eigenvalue weighted by molar-refractivity contribution is 0.104. The number of rotatable bonds is 7. The fraction of sp³-hybridized carbons (Fsp3) is 0.211. The van der Waals surface area contributed by atoms with Crippen molar-refractivity contribution in [3.8, 4) is 28.7 Å². The highest BCUT2D eigenvalue weighted by Crippen LogP contribution is 2.34. The predicted molar refractivity (Wildman–Crippen MR) is 94.1 cm³/mol. The number of ether oxygens (including phenoxy) is 4.